The predicted octanol–water partition coefficient (Wildman–Crippen LogP) is 3.27. The van der Waals surface area contributed by atoms with Gasteiger partial charge in [-0.25, -0.2) is 9.48 Å². The van der Waals surface area contributed by atoms with Crippen LogP contribution < -0.4 is 10.4 Å². The highest BCUT2D eigenvalue weighted by Crippen LogP contribution is 2.21. The van der Waals surface area contributed by atoms with E-state index in [-0.39, 0.29) is 12.2 Å². The van der Waals surface area contributed by atoms with Gasteiger partial charge in [-0.1, -0.05) is 35.5 Å². The van der Waals surface area contributed by atoms with Crippen molar-refractivity contribution in [3.8, 4) is 5.75 Å². The van der Waals surface area contributed by atoms with E-state index in [2.05, 4.69) is 10.3 Å². The molecule has 0 saturated carbocycles. The molecule has 0 amide bonds. The highest BCUT2D eigenvalue weighted by molar-refractivity contribution is 6.05. The van der Waals surface area contributed by atoms with Gasteiger partial charge in [0, 0.05) is 37.8 Å². The fourth-order valence-electron chi connectivity index (χ4n) is 3.07. The number of nitrogens with zero attached hydrogens (tertiary/aromatic N) is 4. The van der Waals surface area contributed by atoms with E-state index in [4.69, 9.17) is 9.15 Å². The number of carbonyl (C=O) groups excluding carboxylic acids is 1. The second kappa shape index (κ2) is 9.30. The van der Waals surface area contributed by atoms with Crippen molar-refractivity contribution in [1.29, 1.82) is 0 Å². The van der Waals surface area contributed by atoms with E-state index >= 15 is 0 Å². The topological polar surface area (TPSA) is 90.5 Å². The van der Waals surface area contributed by atoms with E-state index in [1.165, 1.54) is 12.1 Å². The van der Waals surface area contributed by atoms with Gasteiger partial charge in [-0.15, -0.1) is 5.10 Å². The number of hydrogen-bond acceptors (Lipinski definition) is 7. The second-order valence-electron chi connectivity index (χ2n) is 7.47. The van der Waals surface area contributed by atoms with Gasteiger partial charge in [0.05, 0.1) is 12.7 Å². The molecule has 2 aromatic carbocycles. The number of ether oxygens (including phenoxy) is 1. The zero-order valence-electron chi connectivity index (χ0n) is 17.8. The van der Waals surface area contributed by atoms with Crippen molar-refractivity contribution in [2.24, 2.45) is 0 Å². The Morgan fingerprint density at radius 1 is 1.16 bits per heavy atom. The molecule has 0 fully saturated rings. The van der Waals surface area contributed by atoms with Crippen LogP contribution in [0.1, 0.15) is 21.6 Å². The zero-order valence-corrected chi connectivity index (χ0v) is 17.8. The number of rotatable bonds is 8. The molecule has 0 N–H and O–H groups in total. The van der Waals surface area contributed by atoms with E-state index in [9.17, 15) is 9.59 Å². The van der Waals surface area contributed by atoms with Crippen molar-refractivity contribution in [2.45, 2.75) is 13.2 Å². The molecule has 32 heavy (non-hydrogen) atoms. The molecule has 0 aliphatic rings. The Hall–Kier alpha value is -4.20. The van der Waals surface area contributed by atoms with Gasteiger partial charge in [0.15, 0.2) is 5.78 Å². The summed E-state index contributed by atoms with van der Waals surface area (Å²) in [5.74, 6) is 0.109. The normalized spacial score (nSPS) is 11.2. The number of carbonyl (C=O) groups is 1. The van der Waals surface area contributed by atoms with Crippen molar-refractivity contribution in [2.75, 3.05) is 14.1 Å². The maximum Gasteiger partial charge on any atom is 0.347 e. The molecule has 0 aliphatic carbocycles. The summed E-state index contributed by atoms with van der Waals surface area (Å²) >= 11 is 0. The van der Waals surface area contributed by atoms with Gasteiger partial charge in [0.25, 0.3) is 0 Å². The Morgan fingerprint density at radius 2 is 1.97 bits per heavy atom. The molecule has 0 atom stereocenters. The molecule has 4 aromatic rings. The summed E-state index contributed by atoms with van der Waals surface area (Å²) in [7, 11) is 3.58. The zero-order chi connectivity index (χ0) is 22.5. The lowest BCUT2D eigenvalue weighted by Crippen LogP contribution is -2.13. The van der Waals surface area contributed by atoms with Gasteiger partial charge in [-0.05, 0) is 23.8 Å². The summed E-state index contributed by atoms with van der Waals surface area (Å²) in [4.78, 5) is 26.2. The largest absolute Gasteiger partial charge is 0.487 e. The number of benzene rings is 2. The quantitative estimate of drug-likeness (QED) is 0.241. The number of ketones is 1. The number of allylic oxidation sites excluding steroid dienone is 1. The van der Waals surface area contributed by atoms with Crippen LogP contribution in [0.5, 0.6) is 5.75 Å². The summed E-state index contributed by atoms with van der Waals surface area (Å²) in [5.41, 5.74) is 1.44. The Labute approximate surface area is 184 Å². The highest BCUT2D eigenvalue weighted by Gasteiger charge is 2.12. The molecule has 0 spiro atoms. The molecule has 2 heterocycles. The molecule has 2 aromatic heterocycles. The molecular formula is C24H22N4O4. The first kappa shape index (κ1) is 21.0. The summed E-state index contributed by atoms with van der Waals surface area (Å²) < 4.78 is 12.9. The SMILES string of the molecule is CN(C)/C=C/C(=O)c1cc2ccc(OCc3cn(Cc4ccccc4)nn3)cc2oc1=O. The Kier molecular flexibility index (Phi) is 6.12. The number of fused-ring (bicyclic) bond motifs is 1. The lowest BCUT2D eigenvalue weighted by atomic mass is 10.1. The second-order valence-corrected chi connectivity index (χ2v) is 7.47. The molecule has 0 unspecified atom stereocenters. The van der Waals surface area contributed by atoms with Gasteiger partial charge >= 0.3 is 5.63 Å². The fraction of sp³-hybridized carbons (Fsp3) is 0.167. The van der Waals surface area contributed by atoms with Gasteiger partial charge in [0.2, 0.25) is 0 Å². The summed E-state index contributed by atoms with van der Waals surface area (Å²) in [6.45, 7) is 0.843. The minimum Gasteiger partial charge on any atom is -0.487 e. The van der Waals surface area contributed by atoms with Gasteiger partial charge in [0.1, 0.15) is 29.2 Å². The standard InChI is InChI=1S/C24H22N4O4/c1-27(2)11-10-22(29)21-12-18-8-9-20(13-23(18)32-24(21)30)31-16-19-15-28(26-25-19)14-17-6-4-3-5-7-17/h3-13,15H,14,16H2,1-2H3/b11-10+. The van der Waals surface area contributed by atoms with E-state index < -0.39 is 11.4 Å². The Morgan fingerprint density at radius 3 is 2.75 bits per heavy atom. The van der Waals surface area contributed by atoms with Crippen LogP contribution in [0.4, 0.5) is 0 Å². The van der Waals surface area contributed by atoms with Gasteiger partial charge < -0.3 is 14.1 Å². The van der Waals surface area contributed by atoms with E-state index in [0.29, 0.717) is 29.0 Å². The van der Waals surface area contributed by atoms with Crippen LogP contribution in [0, 0.1) is 0 Å². The van der Waals surface area contributed by atoms with E-state index in [0.717, 1.165) is 5.56 Å². The van der Waals surface area contributed by atoms with Crippen LogP contribution in [0.3, 0.4) is 0 Å². The molecule has 0 saturated heterocycles. The van der Waals surface area contributed by atoms with Crippen molar-refractivity contribution in [3.63, 3.8) is 0 Å². The third-order valence-corrected chi connectivity index (χ3v) is 4.66. The fourth-order valence-corrected chi connectivity index (χ4v) is 3.07. The molecular weight excluding hydrogens is 408 g/mol. The summed E-state index contributed by atoms with van der Waals surface area (Å²) in [6.07, 6.45) is 4.74. The Bertz CT molecular complexity index is 1320. The molecule has 0 aliphatic heterocycles. The third kappa shape index (κ3) is 5.10. The third-order valence-electron chi connectivity index (χ3n) is 4.66. The predicted molar refractivity (Wildman–Crippen MR) is 120 cm³/mol. The summed E-state index contributed by atoms with van der Waals surface area (Å²) in [5, 5.41) is 8.89. The first-order valence-electron chi connectivity index (χ1n) is 10.0. The minimum atomic E-state index is -0.688. The van der Waals surface area contributed by atoms with Crippen LogP contribution >= 0.6 is 0 Å². The number of aromatic nitrogens is 3. The van der Waals surface area contributed by atoms with Crippen molar-refractivity contribution < 1.29 is 13.9 Å². The first-order valence-corrected chi connectivity index (χ1v) is 10.0. The average Bonchev–Trinajstić information content (AvgIpc) is 3.23. The molecule has 0 radical (unpaired) electrons. The van der Waals surface area contributed by atoms with Crippen LogP contribution in [0.15, 0.2) is 82.3 Å². The maximum absolute atomic E-state index is 12.3. The van der Waals surface area contributed by atoms with Crippen molar-refractivity contribution in [3.05, 3.63) is 100 Å². The monoisotopic (exact) mass is 430 g/mol. The van der Waals surface area contributed by atoms with Crippen LogP contribution in [0.25, 0.3) is 11.0 Å². The first-order chi connectivity index (χ1) is 15.5. The highest BCUT2D eigenvalue weighted by atomic mass is 16.5. The molecule has 8 nitrogen and oxygen atoms in total. The maximum atomic E-state index is 12.3. The smallest absolute Gasteiger partial charge is 0.347 e. The van der Waals surface area contributed by atoms with Crippen LogP contribution in [-0.4, -0.2) is 39.8 Å². The van der Waals surface area contributed by atoms with E-state index in [1.807, 2.05) is 36.5 Å². The van der Waals surface area contributed by atoms with Crippen molar-refractivity contribution in [1.82, 2.24) is 19.9 Å². The molecule has 0 bridgehead atoms. The number of hydrogen-bond donors (Lipinski definition) is 0. The van der Waals surface area contributed by atoms with E-state index in [1.54, 1.807) is 48.1 Å². The van der Waals surface area contributed by atoms with Gasteiger partial charge in [-0.2, -0.15) is 0 Å². The lowest BCUT2D eigenvalue weighted by molar-refractivity contribution is 0.104. The molecule has 8 heteroatoms. The van der Waals surface area contributed by atoms with Crippen LogP contribution in [-0.2, 0) is 13.2 Å². The van der Waals surface area contributed by atoms with Gasteiger partial charge in [-0.3, -0.25) is 4.79 Å². The van der Waals surface area contributed by atoms with Crippen molar-refractivity contribution >= 4 is 16.8 Å². The van der Waals surface area contributed by atoms with Crippen LogP contribution in [0.2, 0.25) is 0 Å². The lowest BCUT2D eigenvalue weighted by Gasteiger charge is -2.06. The Balaban J connectivity index is 1.45. The minimum absolute atomic E-state index is 0.0145. The molecule has 162 valence electrons. The summed E-state index contributed by atoms with van der Waals surface area (Å²) in [6, 6.07) is 16.6. The average molecular weight is 430 g/mol. The molecule has 4 rings (SSSR count).